The van der Waals surface area contributed by atoms with Gasteiger partial charge in [-0.15, -0.1) is 0 Å². The van der Waals surface area contributed by atoms with E-state index in [2.05, 4.69) is 55.3 Å². The van der Waals surface area contributed by atoms with Crippen molar-refractivity contribution >= 4 is 0 Å². The summed E-state index contributed by atoms with van der Waals surface area (Å²) in [4.78, 5) is 0. The summed E-state index contributed by atoms with van der Waals surface area (Å²) in [6, 6.07) is 0. The smallest absolute Gasteiger partial charge is 0.0728 e. The molecule has 1 aromatic heterocycles. The van der Waals surface area contributed by atoms with E-state index in [1.807, 2.05) is 0 Å². The number of H-pyrrole nitrogens is 1. The van der Waals surface area contributed by atoms with Crippen molar-refractivity contribution in [2.24, 2.45) is 5.92 Å². The van der Waals surface area contributed by atoms with Gasteiger partial charge in [-0.25, -0.2) is 0 Å². The standard InChI is InChI=1S/C12H16N2/c1-8-6-4-5-7-11(8)12-9(2)10(3)13-14-12/h4-8,11H,1-3H3,(H,13,14). The minimum Gasteiger partial charge on any atom is -0.282 e. The molecule has 1 aliphatic carbocycles. The zero-order valence-electron chi connectivity index (χ0n) is 8.91. The minimum atomic E-state index is 0.435. The van der Waals surface area contributed by atoms with Gasteiger partial charge in [0, 0.05) is 11.6 Å². The molecule has 2 heteroatoms. The number of rotatable bonds is 1. The predicted molar refractivity (Wildman–Crippen MR) is 58.2 cm³/mol. The Kier molecular flexibility index (Phi) is 2.28. The lowest BCUT2D eigenvalue weighted by Gasteiger charge is -2.19. The van der Waals surface area contributed by atoms with Crippen LogP contribution in [0.4, 0.5) is 0 Å². The zero-order valence-corrected chi connectivity index (χ0v) is 8.91. The van der Waals surface area contributed by atoms with Gasteiger partial charge in [0.05, 0.1) is 5.69 Å². The Morgan fingerprint density at radius 3 is 2.50 bits per heavy atom. The molecule has 2 rings (SSSR count). The molecule has 0 amide bonds. The Bertz CT molecular complexity index is 385. The molecule has 1 aliphatic rings. The van der Waals surface area contributed by atoms with Gasteiger partial charge in [0.1, 0.15) is 0 Å². The van der Waals surface area contributed by atoms with Crippen molar-refractivity contribution in [3.8, 4) is 0 Å². The largest absolute Gasteiger partial charge is 0.282 e. The van der Waals surface area contributed by atoms with Gasteiger partial charge in [-0.05, 0) is 25.3 Å². The number of allylic oxidation sites excluding steroid dienone is 4. The second-order valence-corrected chi connectivity index (χ2v) is 4.01. The van der Waals surface area contributed by atoms with Gasteiger partial charge in [-0.1, -0.05) is 31.2 Å². The van der Waals surface area contributed by atoms with Gasteiger partial charge in [0.25, 0.3) is 0 Å². The monoisotopic (exact) mass is 188 g/mol. The third-order valence-electron chi connectivity index (χ3n) is 3.02. The lowest BCUT2D eigenvalue weighted by atomic mass is 9.86. The average molecular weight is 188 g/mol. The number of nitrogens with zero attached hydrogens (tertiary/aromatic N) is 1. The summed E-state index contributed by atoms with van der Waals surface area (Å²) in [5.41, 5.74) is 3.66. The van der Waals surface area contributed by atoms with Crippen LogP contribution >= 0.6 is 0 Å². The molecule has 1 heterocycles. The summed E-state index contributed by atoms with van der Waals surface area (Å²) in [6.07, 6.45) is 8.67. The topological polar surface area (TPSA) is 28.7 Å². The molecule has 2 nitrogen and oxygen atoms in total. The van der Waals surface area contributed by atoms with Crippen molar-refractivity contribution in [2.45, 2.75) is 26.7 Å². The Balaban J connectivity index is 2.35. The fourth-order valence-electron chi connectivity index (χ4n) is 1.89. The van der Waals surface area contributed by atoms with Gasteiger partial charge in [0.15, 0.2) is 0 Å². The van der Waals surface area contributed by atoms with Gasteiger partial charge in [-0.3, -0.25) is 5.10 Å². The molecule has 0 bridgehead atoms. The third-order valence-corrected chi connectivity index (χ3v) is 3.02. The molecule has 2 atom stereocenters. The first-order chi connectivity index (χ1) is 6.70. The number of aromatic nitrogens is 2. The van der Waals surface area contributed by atoms with Crippen molar-refractivity contribution in [3.05, 3.63) is 41.3 Å². The van der Waals surface area contributed by atoms with Crippen LogP contribution in [0, 0.1) is 19.8 Å². The average Bonchev–Trinajstić information content (AvgIpc) is 2.49. The van der Waals surface area contributed by atoms with Crippen LogP contribution in [0.3, 0.4) is 0 Å². The van der Waals surface area contributed by atoms with Gasteiger partial charge in [-0.2, -0.15) is 5.10 Å². The number of nitrogens with one attached hydrogen (secondary N) is 1. The molecule has 0 saturated heterocycles. The van der Waals surface area contributed by atoms with Crippen LogP contribution in [0.1, 0.15) is 29.8 Å². The first kappa shape index (κ1) is 9.25. The molecule has 1 aromatic rings. The van der Waals surface area contributed by atoms with E-state index in [0.717, 1.165) is 0 Å². The van der Waals surface area contributed by atoms with Crippen LogP contribution in [0.15, 0.2) is 24.3 Å². The third kappa shape index (κ3) is 1.41. The molecule has 0 fully saturated rings. The fourth-order valence-corrected chi connectivity index (χ4v) is 1.89. The van der Waals surface area contributed by atoms with Crippen LogP contribution in [0.2, 0.25) is 0 Å². The van der Waals surface area contributed by atoms with Crippen LogP contribution < -0.4 is 0 Å². The maximum absolute atomic E-state index is 4.38. The Morgan fingerprint density at radius 1 is 1.21 bits per heavy atom. The molecule has 0 aromatic carbocycles. The molecule has 0 radical (unpaired) electrons. The fraction of sp³-hybridized carbons (Fsp3) is 0.417. The van der Waals surface area contributed by atoms with Gasteiger partial charge < -0.3 is 0 Å². The summed E-state index contributed by atoms with van der Waals surface area (Å²) in [5, 5.41) is 7.43. The number of aryl methyl sites for hydroxylation is 1. The normalized spacial score (nSPS) is 25.6. The first-order valence-corrected chi connectivity index (χ1v) is 5.06. The maximum Gasteiger partial charge on any atom is 0.0728 e. The Morgan fingerprint density at radius 2 is 1.93 bits per heavy atom. The van der Waals surface area contributed by atoms with E-state index in [1.54, 1.807) is 0 Å². The quantitative estimate of drug-likeness (QED) is 0.721. The molecule has 0 saturated carbocycles. The number of hydrogen-bond acceptors (Lipinski definition) is 1. The first-order valence-electron chi connectivity index (χ1n) is 5.06. The maximum atomic E-state index is 4.38. The summed E-state index contributed by atoms with van der Waals surface area (Å²) in [5.74, 6) is 0.978. The Hall–Kier alpha value is -1.31. The van der Waals surface area contributed by atoms with Gasteiger partial charge in [0.2, 0.25) is 0 Å². The summed E-state index contributed by atoms with van der Waals surface area (Å²) >= 11 is 0. The molecule has 2 unspecified atom stereocenters. The highest BCUT2D eigenvalue weighted by Gasteiger charge is 2.21. The molecule has 0 aliphatic heterocycles. The number of aromatic amines is 1. The van der Waals surface area contributed by atoms with E-state index in [-0.39, 0.29) is 0 Å². The summed E-state index contributed by atoms with van der Waals surface area (Å²) < 4.78 is 0. The molecule has 1 N–H and O–H groups in total. The van der Waals surface area contributed by atoms with Gasteiger partial charge >= 0.3 is 0 Å². The second kappa shape index (κ2) is 3.45. The highest BCUT2D eigenvalue weighted by Crippen LogP contribution is 2.30. The van der Waals surface area contributed by atoms with Crippen molar-refractivity contribution in [1.29, 1.82) is 0 Å². The second-order valence-electron chi connectivity index (χ2n) is 4.01. The lowest BCUT2D eigenvalue weighted by molar-refractivity contribution is 0.615. The SMILES string of the molecule is Cc1[nH]nc(C2C=CC=CC2C)c1C. The molecular formula is C12H16N2. The highest BCUT2D eigenvalue weighted by molar-refractivity contribution is 5.32. The van der Waals surface area contributed by atoms with E-state index in [4.69, 9.17) is 0 Å². The van der Waals surface area contributed by atoms with E-state index in [1.165, 1.54) is 17.0 Å². The van der Waals surface area contributed by atoms with Crippen molar-refractivity contribution in [2.75, 3.05) is 0 Å². The van der Waals surface area contributed by atoms with Crippen LogP contribution in [0.5, 0.6) is 0 Å². The molecule has 74 valence electrons. The lowest BCUT2D eigenvalue weighted by Crippen LogP contribution is -2.09. The summed E-state index contributed by atoms with van der Waals surface area (Å²) in [6.45, 7) is 6.43. The van der Waals surface area contributed by atoms with E-state index in [9.17, 15) is 0 Å². The van der Waals surface area contributed by atoms with Crippen LogP contribution in [-0.4, -0.2) is 10.2 Å². The minimum absolute atomic E-state index is 0.435. The molecule has 0 spiro atoms. The van der Waals surface area contributed by atoms with Crippen molar-refractivity contribution < 1.29 is 0 Å². The van der Waals surface area contributed by atoms with E-state index in [0.29, 0.717) is 11.8 Å². The molecule has 14 heavy (non-hydrogen) atoms. The van der Waals surface area contributed by atoms with Crippen molar-refractivity contribution in [3.63, 3.8) is 0 Å². The number of hydrogen-bond donors (Lipinski definition) is 1. The predicted octanol–water partition coefficient (Wildman–Crippen LogP) is 2.87. The Labute approximate surface area is 84.7 Å². The van der Waals surface area contributed by atoms with E-state index < -0.39 is 0 Å². The van der Waals surface area contributed by atoms with Crippen LogP contribution in [0.25, 0.3) is 0 Å². The van der Waals surface area contributed by atoms with Crippen LogP contribution in [-0.2, 0) is 0 Å². The molecular weight excluding hydrogens is 172 g/mol. The zero-order chi connectivity index (χ0) is 10.1. The van der Waals surface area contributed by atoms with E-state index >= 15 is 0 Å². The van der Waals surface area contributed by atoms with Crippen molar-refractivity contribution in [1.82, 2.24) is 10.2 Å². The highest BCUT2D eigenvalue weighted by atomic mass is 15.1. The summed E-state index contributed by atoms with van der Waals surface area (Å²) in [7, 11) is 0.